The van der Waals surface area contributed by atoms with Crippen molar-refractivity contribution in [1.82, 2.24) is 0 Å². The maximum atomic E-state index is 12.8. The smallest absolute Gasteiger partial charge is 0.261 e. The van der Waals surface area contributed by atoms with E-state index >= 15 is 0 Å². The third-order valence-electron chi connectivity index (χ3n) is 5.90. The Morgan fingerprint density at radius 3 is 1.85 bits per heavy atom. The zero-order valence-electron chi connectivity index (χ0n) is 20.4. The molecule has 0 fully saturated rings. The number of hydrogen-bond acceptors (Lipinski definition) is 2. The van der Waals surface area contributed by atoms with Crippen molar-refractivity contribution in [1.29, 1.82) is 0 Å². The average molecular weight is 487 g/mol. The Kier molecular flexibility index (Phi) is 9.20. The summed E-state index contributed by atoms with van der Waals surface area (Å²) in [4.78, 5) is 1.51. The quantitative estimate of drug-likeness (QED) is 0.189. The Morgan fingerprint density at radius 2 is 1.38 bits per heavy atom. The molecule has 0 bridgehead atoms. The van der Waals surface area contributed by atoms with Crippen molar-refractivity contribution in [2.45, 2.75) is 43.5 Å². The fraction of sp³-hybridized carbons (Fsp3) is 0.233. The van der Waals surface area contributed by atoms with E-state index in [4.69, 9.17) is 4.43 Å². The first-order valence-electron chi connectivity index (χ1n) is 11.7. The number of benzene rings is 3. The highest BCUT2D eigenvalue weighted by atomic mass is 32.2. The lowest BCUT2D eigenvalue weighted by atomic mass is 10.2. The second kappa shape index (κ2) is 12.1. The van der Waals surface area contributed by atoms with E-state index in [1.54, 1.807) is 0 Å². The van der Waals surface area contributed by atoms with E-state index in [0.717, 1.165) is 16.2 Å². The van der Waals surface area contributed by atoms with Crippen LogP contribution < -0.4 is 10.4 Å². The van der Waals surface area contributed by atoms with Crippen LogP contribution in [0.3, 0.4) is 0 Å². The van der Waals surface area contributed by atoms with Crippen molar-refractivity contribution in [2.75, 3.05) is 6.61 Å². The average Bonchev–Trinajstić information content (AvgIpc) is 2.86. The summed E-state index contributed by atoms with van der Waals surface area (Å²) in [5, 5.41) is 2.50. The molecular formula is C30H34O2SSi. The Balaban J connectivity index is 1.73. The Labute approximate surface area is 208 Å². The highest BCUT2D eigenvalue weighted by molar-refractivity contribution is 7.89. The first-order valence-corrected chi connectivity index (χ1v) is 14.7. The molecule has 3 aromatic carbocycles. The van der Waals surface area contributed by atoms with Crippen LogP contribution in [-0.2, 0) is 15.2 Å². The molecule has 0 heterocycles. The minimum atomic E-state index is -2.53. The normalized spacial score (nSPS) is 12.9. The van der Waals surface area contributed by atoms with Crippen LogP contribution in [0.4, 0.5) is 0 Å². The van der Waals surface area contributed by atoms with E-state index in [1.807, 2.05) is 30.3 Å². The molecule has 4 heteroatoms. The number of allylic oxidation sites excluding steroid dienone is 2. The summed E-state index contributed by atoms with van der Waals surface area (Å²) in [7, 11) is -3.75. The highest BCUT2D eigenvalue weighted by Gasteiger charge is 2.49. The molecule has 0 saturated heterocycles. The standard InChI is InChI=1S/C30H34O2SSi/c1-5-26(33(31)27-19-10-6-11-20-27)18-12-9-17-25-32-34(30(2,3)4,28-21-13-7-14-22-28)29-23-15-8-16-24-29/h6-11,13-17,19-24H,1,12,18,25H2,2-4H3/b17-9-. The Bertz CT molecular complexity index is 1100. The van der Waals surface area contributed by atoms with E-state index in [0.29, 0.717) is 13.0 Å². The Morgan fingerprint density at radius 1 is 0.882 bits per heavy atom. The zero-order chi connectivity index (χ0) is 24.4. The van der Waals surface area contributed by atoms with Crippen molar-refractivity contribution >= 4 is 29.5 Å². The van der Waals surface area contributed by atoms with E-state index in [2.05, 4.69) is 106 Å². The van der Waals surface area contributed by atoms with Crippen LogP contribution in [0.25, 0.3) is 0 Å². The maximum absolute atomic E-state index is 12.8. The molecule has 1 atom stereocenters. The van der Waals surface area contributed by atoms with Gasteiger partial charge in [0.05, 0.1) is 22.3 Å². The first kappa shape index (κ1) is 25.9. The molecule has 0 spiro atoms. The van der Waals surface area contributed by atoms with Crippen LogP contribution in [0.2, 0.25) is 5.04 Å². The molecule has 0 aromatic heterocycles. The van der Waals surface area contributed by atoms with Gasteiger partial charge in [-0.1, -0.05) is 118 Å². The third-order valence-corrected chi connectivity index (χ3v) is 12.4. The van der Waals surface area contributed by atoms with Gasteiger partial charge in [-0.2, -0.15) is 0 Å². The minimum Gasteiger partial charge on any atom is -0.404 e. The van der Waals surface area contributed by atoms with Crippen molar-refractivity contribution in [3.63, 3.8) is 0 Å². The van der Waals surface area contributed by atoms with Gasteiger partial charge < -0.3 is 4.43 Å². The van der Waals surface area contributed by atoms with Gasteiger partial charge in [0.15, 0.2) is 0 Å². The third kappa shape index (κ3) is 6.02. The molecule has 3 rings (SSSR count). The second-order valence-corrected chi connectivity index (χ2v) is 15.0. The SMILES string of the molecule is C=C=C(CC/C=C\CO[Si](c1ccccc1)(c1ccccc1)C(C)(C)C)S(=O)c1ccccc1. The molecule has 34 heavy (non-hydrogen) atoms. The molecule has 3 aromatic rings. The van der Waals surface area contributed by atoms with E-state index < -0.39 is 19.1 Å². The summed E-state index contributed by atoms with van der Waals surface area (Å²) < 4.78 is 19.7. The molecule has 0 aliphatic rings. The summed E-state index contributed by atoms with van der Waals surface area (Å²) in [5.74, 6) is 0. The topological polar surface area (TPSA) is 26.3 Å². The van der Waals surface area contributed by atoms with Crippen molar-refractivity contribution in [2.24, 2.45) is 0 Å². The molecule has 0 saturated carbocycles. The second-order valence-electron chi connectivity index (χ2n) is 9.17. The lowest BCUT2D eigenvalue weighted by molar-refractivity contribution is 0.339. The molecule has 2 nitrogen and oxygen atoms in total. The van der Waals surface area contributed by atoms with Crippen molar-refractivity contribution in [3.05, 3.63) is 120 Å². The minimum absolute atomic E-state index is 0.0467. The van der Waals surface area contributed by atoms with E-state index in [1.165, 1.54) is 10.4 Å². The van der Waals surface area contributed by atoms with Crippen LogP contribution >= 0.6 is 0 Å². The number of rotatable bonds is 10. The van der Waals surface area contributed by atoms with Gasteiger partial charge in [-0.15, -0.1) is 5.73 Å². The van der Waals surface area contributed by atoms with E-state index in [-0.39, 0.29) is 5.04 Å². The van der Waals surface area contributed by atoms with Gasteiger partial charge in [0, 0.05) is 4.90 Å². The van der Waals surface area contributed by atoms with Gasteiger partial charge in [-0.25, -0.2) is 4.21 Å². The first-order chi connectivity index (χ1) is 16.4. The van der Waals surface area contributed by atoms with Gasteiger partial charge in [0.1, 0.15) is 0 Å². The molecule has 0 amide bonds. The van der Waals surface area contributed by atoms with Crippen molar-refractivity contribution < 1.29 is 8.63 Å². The lowest BCUT2D eigenvalue weighted by Gasteiger charge is -2.42. The molecular weight excluding hydrogens is 452 g/mol. The summed E-state index contributed by atoms with van der Waals surface area (Å²) >= 11 is 0. The maximum Gasteiger partial charge on any atom is 0.261 e. The van der Waals surface area contributed by atoms with E-state index in [9.17, 15) is 4.21 Å². The summed E-state index contributed by atoms with van der Waals surface area (Å²) in [5.41, 5.74) is 2.89. The molecule has 0 radical (unpaired) electrons. The van der Waals surface area contributed by atoms with Gasteiger partial charge >= 0.3 is 0 Å². The van der Waals surface area contributed by atoms with Gasteiger partial charge in [0.2, 0.25) is 0 Å². The lowest BCUT2D eigenvalue weighted by Crippen LogP contribution is -2.66. The van der Waals surface area contributed by atoms with Gasteiger partial charge in [-0.05, 0) is 40.4 Å². The fourth-order valence-corrected chi connectivity index (χ4v) is 9.89. The summed E-state index contributed by atoms with van der Waals surface area (Å²) in [6.07, 6.45) is 5.62. The molecule has 1 unspecified atom stereocenters. The molecule has 0 N–H and O–H groups in total. The zero-order valence-corrected chi connectivity index (χ0v) is 22.2. The number of hydrogen-bond donors (Lipinski definition) is 0. The molecule has 0 aliphatic heterocycles. The van der Waals surface area contributed by atoms with Crippen molar-refractivity contribution in [3.8, 4) is 0 Å². The highest BCUT2D eigenvalue weighted by Crippen LogP contribution is 2.36. The predicted molar refractivity (Wildman–Crippen MR) is 147 cm³/mol. The summed E-state index contributed by atoms with van der Waals surface area (Å²) in [6, 6.07) is 30.8. The van der Waals surface area contributed by atoms with Crippen LogP contribution in [-0.4, -0.2) is 19.1 Å². The van der Waals surface area contributed by atoms with Crippen LogP contribution in [0.1, 0.15) is 33.6 Å². The fourth-order valence-electron chi connectivity index (χ4n) is 4.27. The largest absolute Gasteiger partial charge is 0.404 e. The monoisotopic (exact) mass is 486 g/mol. The van der Waals surface area contributed by atoms with Crippen LogP contribution in [0.5, 0.6) is 0 Å². The summed E-state index contributed by atoms with van der Waals surface area (Å²) in [6.45, 7) is 11.1. The Hall–Kier alpha value is -2.75. The predicted octanol–water partition coefficient (Wildman–Crippen LogP) is 6.38. The van der Waals surface area contributed by atoms with Gasteiger partial charge in [0.25, 0.3) is 8.32 Å². The molecule has 176 valence electrons. The van der Waals surface area contributed by atoms with Crippen LogP contribution in [0.15, 0.2) is 125 Å². The van der Waals surface area contributed by atoms with Gasteiger partial charge in [-0.3, -0.25) is 0 Å². The molecule has 0 aliphatic carbocycles. The van der Waals surface area contributed by atoms with Crippen LogP contribution in [0, 0.1) is 0 Å².